The van der Waals surface area contributed by atoms with E-state index in [2.05, 4.69) is 10.6 Å². The second-order valence-corrected chi connectivity index (χ2v) is 6.95. The van der Waals surface area contributed by atoms with Gasteiger partial charge in [-0.2, -0.15) is 0 Å². The summed E-state index contributed by atoms with van der Waals surface area (Å²) in [6.07, 6.45) is 1.05. The first-order valence-corrected chi connectivity index (χ1v) is 8.12. The van der Waals surface area contributed by atoms with E-state index in [0.29, 0.717) is 18.4 Å². The molecule has 2 rings (SSSR count). The molecule has 2 N–H and O–H groups in total. The number of fused-ring (bicyclic) bond motifs is 1. The van der Waals surface area contributed by atoms with Gasteiger partial charge in [-0.1, -0.05) is 24.3 Å². The SMILES string of the molecule is COC(=O)C1(NC(=O)NCC(=O)OC(C)(C)C)CCc2ccccc21. The zero-order chi connectivity index (χ0) is 18.7. The lowest BCUT2D eigenvalue weighted by molar-refractivity contribution is -0.153. The van der Waals surface area contributed by atoms with Crippen molar-refractivity contribution in [2.75, 3.05) is 13.7 Å². The van der Waals surface area contributed by atoms with Gasteiger partial charge in [0.2, 0.25) is 0 Å². The van der Waals surface area contributed by atoms with Crippen LogP contribution in [0.1, 0.15) is 38.3 Å². The molecule has 7 nitrogen and oxygen atoms in total. The Bertz CT molecular complexity index is 680. The molecular formula is C18H24N2O5. The fourth-order valence-electron chi connectivity index (χ4n) is 2.95. The van der Waals surface area contributed by atoms with E-state index in [9.17, 15) is 14.4 Å². The van der Waals surface area contributed by atoms with Gasteiger partial charge in [-0.3, -0.25) is 4.79 Å². The molecule has 1 aromatic carbocycles. The highest BCUT2D eigenvalue weighted by Crippen LogP contribution is 2.37. The van der Waals surface area contributed by atoms with Crippen LogP contribution in [0.2, 0.25) is 0 Å². The topological polar surface area (TPSA) is 93.7 Å². The Hall–Kier alpha value is -2.57. The van der Waals surface area contributed by atoms with E-state index in [1.807, 2.05) is 18.2 Å². The number of esters is 2. The fraction of sp³-hybridized carbons (Fsp3) is 0.500. The van der Waals surface area contributed by atoms with Crippen molar-refractivity contribution in [3.63, 3.8) is 0 Å². The smallest absolute Gasteiger partial charge is 0.336 e. The Kier molecular flexibility index (Phi) is 5.35. The summed E-state index contributed by atoms with van der Waals surface area (Å²) in [5.74, 6) is -1.09. The van der Waals surface area contributed by atoms with E-state index in [1.165, 1.54) is 7.11 Å². The number of benzene rings is 1. The van der Waals surface area contributed by atoms with Gasteiger partial charge in [-0.15, -0.1) is 0 Å². The van der Waals surface area contributed by atoms with Crippen LogP contribution in [0.15, 0.2) is 24.3 Å². The summed E-state index contributed by atoms with van der Waals surface area (Å²) in [5.41, 5.74) is -0.175. The molecule has 0 aromatic heterocycles. The van der Waals surface area contributed by atoms with Crippen LogP contribution in [0, 0.1) is 0 Å². The van der Waals surface area contributed by atoms with Crippen molar-refractivity contribution in [1.82, 2.24) is 10.6 Å². The third-order valence-electron chi connectivity index (χ3n) is 3.92. The average molecular weight is 348 g/mol. The number of rotatable bonds is 4. The maximum atomic E-state index is 12.4. The molecular weight excluding hydrogens is 324 g/mol. The molecule has 1 aromatic rings. The number of nitrogens with one attached hydrogen (secondary N) is 2. The molecule has 2 amide bonds. The lowest BCUT2D eigenvalue weighted by Crippen LogP contribution is -2.54. The van der Waals surface area contributed by atoms with Crippen LogP contribution in [0.4, 0.5) is 4.79 Å². The van der Waals surface area contributed by atoms with Crippen molar-refractivity contribution in [2.45, 2.75) is 44.8 Å². The van der Waals surface area contributed by atoms with E-state index in [4.69, 9.17) is 9.47 Å². The molecule has 0 heterocycles. The first-order valence-electron chi connectivity index (χ1n) is 8.12. The molecule has 0 saturated carbocycles. The molecule has 0 radical (unpaired) electrons. The van der Waals surface area contributed by atoms with Crippen molar-refractivity contribution in [2.24, 2.45) is 0 Å². The van der Waals surface area contributed by atoms with Gasteiger partial charge in [-0.05, 0) is 44.7 Å². The molecule has 136 valence electrons. The highest BCUT2D eigenvalue weighted by Gasteiger charge is 2.47. The molecule has 1 atom stereocenters. The molecule has 1 unspecified atom stereocenters. The summed E-state index contributed by atoms with van der Waals surface area (Å²) < 4.78 is 10.0. The maximum Gasteiger partial charge on any atom is 0.336 e. The highest BCUT2D eigenvalue weighted by molar-refractivity contribution is 5.90. The van der Waals surface area contributed by atoms with Gasteiger partial charge in [0.1, 0.15) is 12.1 Å². The van der Waals surface area contributed by atoms with E-state index in [0.717, 1.165) is 5.56 Å². The number of carbonyl (C=O) groups is 3. The van der Waals surface area contributed by atoms with Crippen molar-refractivity contribution >= 4 is 18.0 Å². The molecule has 0 aliphatic heterocycles. The second-order valence-electron chi connectivity index (χ2n) is 6.95. The largest absolute Gasteiger partial charge is 0.467 e. The van der Waals surface area contributed by atoms with Crippen LogP contribution in [0.5, 0.6) is 0 Å². The van der Waals surface area contributed by atoms with Crippen molar-refractivity contribution in [3.05, 3.63) is 35.4 Å². The van der Waals surface area contributed by atoms with E-state index in [-0.39, 0.29) is 6.54 Å². The average Bonchev–Trinajstić information content (AvgIpc) is 2.91. The summed E-state index contributed by atoms with van der Waals surface area (Å²) in [6, 6.07) is 6.78. The first-order chi connectivity index (χ1) is 11.7. The monoisotopic (exact) mass is 348 g/mol. The summed E-state index contributed by atoms with van der Waals surface area (Å²) >= 11 is 0. The number of urea groups is 1. The van der Waals surface area contributed by atoms with Gasteiger partial charge in [-0.25, -0.2) is 9.59 Å². The van der Waals surface area contributed by atoms with E-state index >= 15 is 0 Å². The van der Waals surface area contributed by atoms with Gasteiger partial charge in [0.15, 0.2) is 5.54 Å². The van der Waals surface area contributed by atoms with Crippen molar-refractivity contribution < 1.29 is 23.9 Å². The zero-order valence-electron chi connectivity index (χ0n) is 15.0. The Morgan fingerprint density at radius 1 is 1.20 bits per heavy atom. The summed E-state index contributed by atoms with van der Waals surface area (Å²) in [5, 5.41) is 5.12. The predicted molar refractivity (Wildman–Crippen MR) is 90.8 cm³/mol. The number of ether oxygens (including phenoxy) is 2. The van der Waals surface area contributed by atoms with Crippen molar-refractivity contribution in [1.29, 1.82) is 0 Å². The summed E-state index contributed by atoms with van der Waals surface area (Å²) in [6.45, 7) is 4.94. The number of carbonyl (C=O) groups excluding carboxylic acids is 3. The third-order valence-corrected chi connectivity index (χ3v) is 3.92. The zero-order valence-corrected chi connectivity index (χ0v) is 15.0. The van der Waals surface area contributed by atoms with Gasteiger partial charge in [0.25, 0.3) is 0 Å². The van der Waals surface area contributed by atoms with E-state index in [1.54, 1.807) is 26.8 Å². The molecule has 0 saturated heterocycles. The maximum absolute atomic E-state index is 12.4. The van der Waals surface area contributed by atoms with Gasteiger partial charge < -0.3 is 20.1 Å². The minimum absolute atomic E-state index is 0.290. The van der Waals surface area contributed by atoms with E-state index < -0.39 is 29.1 Å². The van der Waals surface area contributed by atoms with Crippen molar-refractivity contribution in [3.8, 4) is 0 Å². The molecule has 0 fully saturated rings. The Morgan fingerprint density at radius 2 is 1.88 bits per heavy atom. The first kappa shape index (κ1) is 18.8. The quantitative estimate of drug-likeness (QED) is 0.807. The number of amides is 2. The van der Waals surface area contributed by atoms with Crippen LogP contribution >= 0.6 is 0 Å². The number of methoxy groups -OCH3 is 1. The summed E-state index contributed by atoms with van der Waals surface area (Å²) in [7, 11) is 1.28. The highest BCUT2D eigenvalue weighted by atomic mass is 16.6. The molecule has 1 aliphatic rings. The second kappa shape index (κ2) is 7.13. The van der Waals surface area contributed by atoms with Gasteiger partial charge >= 0.3 is 18.0 Å². The van der Waals surface area contributed by atoms with Crippen LogP contribution < -0.4 is 10.6 Å². The minimum Gasteiger partial charge on any atom is -0.467 e. The number of hydrogen-bond acceptors (Lipinski definition) is 5. The minimum atomic E-state index is -1.25. The predicted octanol–water partition coefficient (Wildman–Crippen LogP) is 1.64. The van der Waals surface area contributed by atoms with Gasteiger partial charge in [0.05, 0.1) is 7.11 Å². The van der Waals surface area contributed by atoms with Gasteiger partial charge in [0, 0.05) is 0 Å². The van der Waals surface area contributed by atoms with Crippen LogP contribution in [0.3, 0.4) is 0 Å². The lowest BCUT2D eigenvalue weighted by atomic mass is 9.92. The molecule has 7 heteroatoms. The van der Waals surface area contributed by atoms with Crippen LogP contribution in [0.25, 0.3) is 0 Å². The lowest BCUT2D eigenvalue weighted by Gasteiger charge is -2.28. The normalized spacial score (nSPS) is 18.9. The standard InChI is InChI=1S/C18H24N2O5/c1-17(2,3)25-14(21)11-19-16(23)20-18(15(22)24-4)10-9-12-7-5-6-8-13(12)18/h5-8H,9-11H2,1-4H3,(H2,19,20,23). The third kappa shape index (κ3) is 4.29. The molecule has 0 spiro atoms. The summed E-state index contributed by atoms with van der Waals surface area (Å²) in [4.78, 5) is 36.4. The van der Waals surface area contributed by atoms with Crippen LogP contribution in [-0.2, 0) is 31.0 Å². The van der Waals surface area contributed by atoms with Crippen LogP contribution in [-0.4, -0.2) is 37.2 Å². The molecule has 0 bridgehead atoms. The molecule has 1 aliphatic carbocycles. The Morgan fingerprint density at radius 3 is 2.52 bits per heavy atom. The number of aryl methyl sites for hydroxylation is 1. The molecule has 25 heavy (non-hydrogen) atoms. The Balaban J connectivity index is 2.08. The fourth-order valence-corrected chi connectivity index (χ4v) is 2.95. The number of hydrogen-bond donors (Lipinski definition) is 2. The Labute approximate surface area is 147 Å².